The number of benzene rings is 1. The first kappa shape index (κ1) is 13.4. The summed E-state index contributed by atoms with van der Waals surface area (Å²) in [6.45, 7) is 4.37. The Morgan fingerprint density at radius 2 is 2.00 bits per heavy atom. The zero-order valence-corrected chi connectivity index (χ0v) is 12.2. The summed E-state index contributed by atoms with van der Waals surface area (Å²) >= 11 is 6.01. The molecule has 4 nitrogen and oxygen atoms in total. The standard InChI is InChI=1S/C12H16N4S2/c1-12(2,8-17)9-18-11-13-14-15-16(11)10-6-4-3-5-7-10/h3-7,17H,8-9H2,1-2H3. The van der Waals surface area contributed by atoms with Gasteiger partial charge in [0.2, 0.25) is 5.16 Å². The molecule has 0 fully saturated rings. The van der Waals surface area contributed by atoms with Gasteiger partial charge in [-0.05, 0) is 33.7 Å². The Balaban J connectivity index is 2.14. The van der Waals surface area contributed by atoms with E-state index in [4.69, 9.17) is 0 Å². The summed E-state index contributed by atoms with van der Waals surface area (Å²) in [5.74, 6) is 1.77. The molecule has 0 unspecified atom stereocenters. The molecule has 0 atom stereocenters. The second-order valence-corrected chi connectivity index (χ2v) is 6.08. The fourth-order valence-electron chi connectivity index (χ4n) is 1.31. The normalized spacial score (nSPS) is 11.7. The van der Waals surface area contributed by atoms with Crippen LogP contribution >= 0.6 is 24.4 Å². The molecule has 96 valence electrons. The van der Waals surface area contributed by atoms with E-state index in [1.54, 1.807) is 16.4 Å². The minimum atomic E-state index is 0.168. The van der Waals surface area contributed by atoms with Crippen molar-refractivity contribution in [3.63, 3.8) is 0 Å². The average Bonchev–Trinajstić information content (AvgIpc) is 2.86. The predicted octanol–water partition coefficient (Wildman–Crippen LogP) is 2.71. The van der Waals surface area contributed by atoms with Crippen LogP contribution in [0.25, 0.3) is 5.69 Å². The van der Waals surface area contributed by atoms with Gasteiger partial charge in [-0.25, -0.2) is 0 Å². The summed E-state index contributed by atoms with van der Waals surface area (Å²) in [6.07, 6.45) is 0. The first-order valence-corrected chi connectivity index (χ1v) is 7.32. The highest BCUT2D eigenvalue weighted by molar-refractivity contribution is 7.99. The van der Waals surface area contributed by atoms with Gasteiger partial charge in [-0.15, -0.1) is 5.10 Å². The molecule has 0 aliphatic rings. The maximum absolute atomic E-state index is 4.36. The molecule has 6 heteroatoms. The van der Waals surface area contributed by atoms with Crippen molar-refractivity contribution in [2.45, 2.75) is 19.0 Å². The van der Waals surface area contributed by atoms with E-state index >= 15 is 0 Å². The molecule has 2 rings (SSSR count). The highest BCUT2D eigenvalue weighted by atomic mass is 32.2. The van der Waals surface area contributed by atoms with Gasteiger partial charge in [0.1, 0.15) is 0 Å². The quantitative estimate of drug-likeness (QED) is 0.675. The molecular formula is C12H16N4S2. The molecule has 1 aromatic carbocycles. The van der Waals surface area contributed by atoms with Crippen molar-refractivity contribution in [2.75, 3.05) is 11.5 Å². The smallest absolute Gasteiger partial charge is 0.188 e. The van der Waals surface area contributed by atoms with Crippen molar-refractivity contribution in [3.05, 3.63) is 30.3 Å². The molecule has 0 saturated heterocycles. The summed E-state index contributed by atoms with van der Waals surface area (Å²) in [6, 6.07) is 9.91. The number of nitrogens with zero attached hydrogens (tertiary/aromatic N) is 4. The topological polar surface area (TPSA) is 43.6 Å². The predicted molar refractivity (Wildman–Crippen MR) is 77.5 cm³/mol. The Morgan fingerprint density at radius 3 is 2.67 bits per heavy atom. The summed E-state index contributed by atoms with van der Waals surface area (Å²) < 4.78 is 1.76. The molecule has 0 amide bonds. The van der Waals surface area contributed by atoms with Crippen molar-refractivity contribution < 1.29 is 0 Å². The largest absolute Gasteiger partial charge is 0.214 e. The van der Waals surface area contributed by atoms with E-state index in [-0.39, 0.29) is 5.41 Å². The van der Waals surface area contributed by atoms with E-state index in [0.717, 1.165) is 22.3 Å². The molecule has 0 aliphatic heterocycles. The number of rotatable bonds is 5. The molecule has 0 bridgehead atoms. The Bertz CT molecular complexity index is 496. The van der Waals surface area contributed by atoms with Gasteiger partial charge in [-0.2, -0.15) is 17.3 Å². The van der Waals surface area contributed by atoms with Crippen LogP contribution in [0.1, 0.15) is 13.8 Å². The highest BCUT2D eigenvalue weighted by Crippen LogP contribution is 2.27. The lowest BCUT2D eigenvalue weighted by Gasteiger charge is -2.20. The van der Waals surface area contributed by atoms with E-state index in [1.807, 2.05) is 30.3 Å². The number of aromatic nitrogens is 4. The Hall–Kier alpha value is -1.01. The zero-order valence-electron chi connectivity index (χ0n) is 10.4. The van der Waals surface area contributed by atoms with Crippen LogP contribution in [0.3, 0.4) is 0 Å². The number of tetrazole rings is 1. The second kappa shape index (κ2) is 5.75. The van der Waals surface area contributed by atoms with E-state index < -0.39 is 0 Å². The van der Waals surface area contributed by atoms with Gasteiger partial charge in [-0.1, -0.05) is 43.8 Å². The summed E-state index contributed by atoms with van der Waals surface area (Å²) in [4.78, 5) is 0. The van der Waals surface area contributed by atoms with Crippen LogP contribution in [-0.4, -0.2) is 31.7 Å². The number of hydrogen-bond acceptors (Lipinski definition) is 5. The van der Waals surface area contributed by atoms with Crippen molar-refractivity contribution in [3.8, 4) is 5.69 Å². The van der Waals surface area contributed by atoms with Crippen molar-refractivity contribution in [1.29, 1.82) is 0 Å². The number of thiol groups is 1. The van der Waals surface area contributed by atoms with Crippen molar-refractivity contribution in [1.82, 2.24) is 20.2 Å². The molecule has 0 spiro atoms. The van der Waals surface area contributed by atoms with Crippen LogP contribution in [-0.2, 0) is 0 Å². The third kappa shape index (κ3) is 3.26. The third-order valence-electron chi connectivity index (χ3n) is 2.46. The molecular weight excluding hydrogens is 264 g/mol. The number of thioether (sulfide) groups is 1. The molecule has 0 N–H and O–H groups in total. The minimum absolute atomic E-state index is 0.168. The second-order valence-electron chi connectivity index (χ2n) is 4.82. The Kier molecular flexibility index (Phi) is 4.29. The monoisotopic (exact) mass is 280 g/mol. The maximum Gasteiger partial charge on any atom is 0.214 e. The van der Waals surface area contributed by atoms with E-state index in [2.05, 4.69) is 42.0 Å². The first-order chi connectivity index (χ1) is 8.62. The van der Waals surface area contributed by atoms with Gasteiger partial charge in [-0.3, -0.25) is 0 Å². The van der Waals surface area contributed by atoms with Gasteiger partial charge in [0, 0.05) is 5.75 Å². The highest BCUT2D eigenvalue weighted by Gasteiger charge is 2.18. The lowest BCUT2D eigenvalue weighted by Crippen LogP contribution is -2.17. The first-order valence-electron chi connectivity index (χ1n) is 5.70. The molecule has 0 saturated carbocycles. The zero-order chi connectivity index (χ0) is 13.0. The van der Waals surface area contributed by atoms with Gasteiger partial charge >= 0.3 is 0 Å². The third-order valence-corrected chi connectivity index (χ3v) is 4.76. The summed E-state index contributed by atoms with van der Waals surface area (Å²) in [7, 11) is 0. The SMILES string of the molecule is CC(C)(CS)CSc1nnnn1-c1ccccc1. The number of para-hydroxylation sites is 1. The van der Waals surface area contributed by atoms with Gasteiger partial charge < -0.3 is 0 Å². The average molecular weight is 280 g/mol. The van der Waals surface area contributed by atoms with Crippen LogP contribution in [0.15, 0.2) is 35.5 Å². The molecule has 0 aliphatic carbocycles. The fraction of sp³-hybridized carbons (Fsp3) is 0.417. The summed E-state index contributed by atoms with van der Waals surface area (Å²) in [5, 5.41) is 12.7. The van der Waals surface area contributed by atoms with E-state index in [1.165, 1.54) is 0 Å². The minimum Gasteiger partial charge on any atom is -0.188 e. The lowest BCUT2D eigenvalue weighted by molar-refractivity contribution is 0.493. The molecule has 1 heterocycles. The fourth-order valence-corrected chi connectivity index (χ4v) is 2.55. The number of hydrogen-bond donors (Lipinski definition) is 1. The van der Waals surface area contributed by atoms with Crippen LogP contribution in [0.5, 0.6) is 0 Å². The van der Waals surface area contributed by atoms with Crippen molar-refractivity contribution >= 4 is 24.4 Å². The van der Waals surface area contributed by atoms with E-state index in [0.29, 0.717) is 0 Å². The molecule has 1 aromatic heterocycles. The Labute approximate surface area is 117 Å². The van der Waals surface area contributed by atoms with Crippen LogP contribution in [0.4, 0.5) is 0 Å². The molecule has 18 heavy (non-hydrogen) atoms. The van der Waals surface area contributed by atoms with Gasteiger partial charge in [0.25, 0.3) is 0 Å². The van der Waals surface area contributed by atoms with Crippen LogP contribution < -0.4 is 0 Å². The van der Waals surface area contributed by atoms with Crippen LogP contribution in [0.2, 0.25) is 0 Å². The van der Waals surface area contributed by atoms with E-state index in [9.17, 15) is 0 Å². The molecule has 2 aromatic rings. The van der Waals surface area contributed by atoms with Gasteiger partial charge in [0.05, 0.1) is 5.69 Å². The van der Waals surface area contributed by atoms with Crippen molar-refractivity contribution in [2.24, 2.45) is 5.41 Å². The lowest BCUT2D eigenvalue weighted by atomic mass is 10.0. The maximum atomic E-state index is 4.36. The summed E-state index contributed by atoms with van der Waals surface area (Å²) in [5.41, 5.74) is 1.15. The Morgan fingerprint density at radius 1 is 1.28 bits per heavy atom. The van der Waals surface area contributed by atoms with Crippen LogP contribution in [0, 0.1) is 5.41 Å². The van der Waals surface area contributed by atoms with Gasteiger partial charge in [0.15, 0.2) is 0 Å². The molecule has 0 radical (unpaired) electrons.